The molecule has 2 heterocycles. The lowest BCUT2D eigenvalue weighted by Crippen LogP contribution is -2.57. The van der Waals surface area contributed by atoms with E-state index in [-0.39, 0.29) is 35.9 Å². The normalized spacial score (nSPS) is 18.5. The molecule has 1 aromatic carbocycles. The van der Waals surface area contributed by atoms with E-state index < -0.39 is 0 Å². The number of halogens is 1. The third-order valence-corrected chi connectivity index (χ3v) is 5.94. The SMILES string of the molecule is CCNC(=NCc1ccccc1OCC)N1CCN(C(C)C(=O)N2CCCC2)CC1.I. The largest absolute Gasteiger partial charge is 0.494 e. The maximum absolute atomic E-state index is 12.7. The number of rotatable bonds is 7. The van der Waals surface area contributed by atoms with Crippen LogP contribution in [0.1, 0.15) is 39.2 Å². The van der Waals surface area contributed by atoms with Crippen LogP contribution in [-0.4, -0.2) is 85.0 Å². The molecule has 174 valence electrons. The van der Waals surface area contributed by atoms with Crippen LogP contribution in [0, 0.1) is 0 Å². The summed E-state index contributed by atoms with van der Waals surface area (Å²) in [6, 6.07) is 8.05. The van der Waals surface area contributed by atoms with E-state index in [0.29, 0.717) is 13.2 Å². The Morgan fingerprint density at radius 2 is 1.74 bits per heavy atom. The second-order valence-corrected chi connectivity index (χ2v) is 7.94. The Hall–Kier alpha value is -1.55. The van der Waals surface area contributed by atoms with Crippen LogP contribution in [0.3, 0.4) is 0 Å². The number of guanidine groups is 1. The van der Waals surface area contributed by atoms with Gasteiger partial charge in [0, 0.05) is 51.4 Å². The van der Waals surface area contributed by atoms with E-state index in [9.17, 15) is 4.79 Å². The molecule has 0 aliphatic carbocycles. The smallest absolute Gasteiger partial charge is 0.239 e. The van der Waals surface area contributed by atoms with Gasteiger partial charge in [-0.25, -0.2) is 4.99 Å². The molecule has 1 amide bonds. The molecular weight excluding hydrogens is 505 g/mol. The summed E-state index contributed by atoms with van der Waals surface area (Å²) in [7, 11) is 0. The van der Waals surface area contributed by atoms with Gasteiger partial charge in [-0.3, -0.25) is 9.69 Å². The zero-order valence-electron chi connectivity index (χ0n) is 19.2. The van der Waals surface area contributed by atoms with Gasteiger partial charge in [-0.05, 0) is 39.7 Å². The third kappa shape index (κ3) is 6.97. The number of amides is 1. The molecule has 2 fully saturated rings. The maximum atomic E-state index is 12.7. The lowest BCUT2D eigenvalue weighted by molar-refractivity contribution is -0.135. The Morgan fingerprint density at radius 3 is 2.39 bits per heavy atom. The highest BCUT2D eigenvalue weighted by Gasteiger charge is 2.30. The number of hydrogen-bond donors (Lipinski definition) is 1. The van der Waals surface area contributed by atoms with E-state index >= 15 is 0 Å². The first-order chi connectivity index (χ1) is 14.6. The molecule has 2 aliphatic rings. The summed E-state index contributed by atoms with van der Waals surface area (Å²) < 4.78 is 5.73. The molecule has 1 N–H and O–H groups in total. The zero-order chi connectivity index (χ0) is 21.3. The zero-order valence-corrected chi connectivity index (χ0v) is 21.5. The van der Waals surface area contributed by atoms with Gasteiger partial charge in [-0.2, -0.15) is 0 Å². The number of carbonyl (C=O) groups excluding carboxylic acids is 1. The molecule has 31 heavy (non-hydrogen) atoms. The van der Waals surface area contributed by atoms with E-state index in [0.717, 1.165) is 75.9 Å². The fraction of sp³-hybridized carbons (Fsp3) is 0.652. The Labute approximate surface area is 204 Å². The Balaban J connectivity index is 0.00000341. The number of carbonyl (C=O) groups is 1. The second-order valence-electron chi connectivity index (χ2n) is 7.94. The van der Waals surface area contributed by atoms with Crippen LogP contribution in [0.5, 0.6) is 5.75 Å². The van der Waals surface area contributed by atoms with Gasteiger partial charge in [0.05, 0.1) is 19.2 Å². The minimum atomic E-state index is -0.0390. The summed E-state index contributed by atoms with van der Waals surface area (Å²) in [6.45, 7) is 13.5. The molecule has 0 spiro atoms. The molecule has 8 heteroatoms. The number of para-hydroxylation sites is 1. The summed E-state index contributed by atoms with van der Waals surface area (Å²) >= 11 is 0. The Kier molecular flexibility index (Phi) is 10.9. The van der Waals surface area contributed by atoms with Crippen LogP contribution in [0.2, 0.25) is 0 Å². The second kappa shape index (κ2) is 13.1. The van der Waals surface area contributed by atoms with Crippen molar-refractivity contribution in [3.05, 3.63) is 29.8 Å². The van der Waals surface area contributed by atoms with Crippen LogP contribution < -0.4 is 10.1 Å². The van der Waals surface area contributed by atoms with Gasteiger partial charge >= 0.3 is 0 Å². The predicted octanol–water partition coefficient (Wildman–Crippen LogP) is 2.80. The minimum absolute atomic E-state index is 0. The minimum Gasteiger partial charge on any atom is -0.494 e. The first-order valence-electron chi connectivity index (χ1n) is 11.4. The fourth-order valence-electron chi connectivity index (χ4n) is 4.20. The number of nitrogens with zero attached hydrogens (tertiary/aromatic N) is 4. The third-order valence-electron chi connectivity index (χ3n) is 5.94. The lowest BCUT2D eigenvalue weighted by atomic mass is 10.2. The quantitative estimate of drug-likeness (QED) is 0.326. The monoisotopic (exact) mass is 543 g/mol. The molecule has 2 saturated heterocycles. The fourth-order valence-corrected chi connectivity index (χ4v) is 4.20. The van der Waals surface area contributed by atoms with Crippen LogP contribution in [0.15, 0.2) is 29.3 Å². The predicted molar refractivity (Wildman–Crippen MR) is 136 cm³/mol. The number of nitrogens with one attached hydrogen (secondary N) is 1. The molecule has 0 bridgehead atoms. The molecule has 1 atom stereocenters. The van der Waals surface area contributed by atoms with Crippen molar-refractivity contribution in [2.24, 2.45) is 4.99 Å². The summed E-state index contributed by atoms with van der Waals surface area (Å²) in [5.41, 5.74) is 1.10. The van der Waals surface area contributed by atoms with E-state index in [1.54, 1.807) is 0 Å². The summed E-state index contributed by atoms with van der Waals surface area (Å²) in [6.07, 6.45) is 2.28. The summed E-state index contributed by atoms with van der Waals surface area (Å²) in [5.74, 6) is 2.12. The lowest BCUT2D eigenvalue weighted by Gasteiger charge is -2.39. The molecule has 1 aromatic rings. The average molecular weight is 543 g/mol. The number of hydrogen-bond acceptors (Lipinski definition) is 4. The van der Waals surface area contributed by atoms with E-state index in [4.69, 9.17) is 9.73 Å². The van der Waals surface area contributed by atoms with Crippen molar-refractivity contribution in [3.8, 4) is 5.75 Å². The van der Waals surface area contributed by atoms with Crippen molar-refractivity contribution in [3.63, 3.8) is 0 Å². The van der Waals surface area contributed by atoms with Gasteiger partial charge in [0.2, 0.25) is 5.91 Å². The molecular formula is C23H38IN5O2. The Bertz CT molecular complexity index is 716. The topological polar surface area (TPSA) is 60.4 Å². The van der Waals surface area contributed by atoms with Crippen LogP contribution >= 0.6 is 24.0 Å². The van der Waals surface area contributed by atoms with Gasteiger partial charge in [-0.15, -0.1) is 24.0 Å². The highest BCUT2D eigenvalue weighted by Crippen LogP contribution is 2.19. The van der Waals surface area contributed by atoms with Crippen molar-refractivity contribution in [1.82, 2.24) is 20.0 Å². The summed E-state index contributed by atoms with van der Waals surface area (Å²) in [5, 5.41) is 3.43. The van der Waals surface area contributed by atoms with Crippen molar-refractivity contribution < 1.29 is 9.53 Å². The number of benzene rings is 1. The number of piperazine rings is 1. The first-order valence-corrected chi connectivity index (χ1v) is 11.4. The van der Waals surface area contributed by atoms with Crippen molar-refractivity contribution in [2.45, 2.75) is 46.2 Å². The summed E-state index contributed by atoms with van der Waals surface area (Å²) in [4.78, 5) is 24.2. The molecule has 3 rings (SSSR count). The highest BCUT2D eigenvalue weighted by atomic mass is 127. The van der Waals surface area contributed by atoms with Crippen LogP contribution in [0.25, 0.3) is 0 Å². The van der Waals surface area contributed by atoms with Gasteiger partial charge in [0.25, 0.3) is 0 Å². The van der Waals surface area contributed by atoms with Gasteiger partial charge in [-0.1, -0.05) is 18.2 Å². The average Bonchev–Trinajstić information content (AvgIpc) is 3.32. The van der Waals surface area contributed by atoms with Crippen molar-refractivity contribution in [1.29, 1.82) is 0 Å². The van der Waals surface area contributed by atoms with Crippen molar-refractivity contribution in [2.75, 3.05) is 52.4 Å². The van der Waals surface area contributed by atoms with E-state index in [1.165, 1.54) is 0 Å². The molecule has 2 aliphatic heterocycles. The van der Waals surface area contributed by atoms with E-state index in [1.807, 2.05) is 30.0 Å². The first kappa shape index (κ1) is 25.7. The number of likely N-dealkylation sites (tertiary alicyclic amines) is 1. The molecule has 0 aromatic heterocycles. The standard InChI is InChI=1S/C23H37N5O2.HI/c1-4-24-23(25-18-20-10-6-7-11-21(20)30-5-2)28-16-14-26(15-17-28)19(3)22(29)27-12-8-9-13-27;/h6-7,10-11,19H,4-5,8-9,12-18H2,1-3H3,(H,24,25);1H. The van der Waals surface area contributed by atoms with Crippen LogP contribution in [0.4, 0.5) is 0 Å². The van der Waals surface area contributed by atoms with E-state index in [2.05, 4.69) is 35.0 Å². The van der Waals surface area contributed by atoms with Gasteiger partial charge in [0.15, 0.2) is 5.96 Å². The van der Waals surface area contributed by atoms with Gasteiger partial charge in [0.1, 0.15) is 5.75 Å². The highest BCUT2D eigenvalue weighted by molar-refractivity contribution is 14.0. The Morgan fingerprint density at radius 1 is 1.06 bits per heavy atom. The van der Waals surface area contributed by atoms with Crippen LogP contribution in [-0.2, 0) is 11.3 Å². The number of ether oxygens (including phenoxy) is 1. The number of aliphatic imine (C=N–C) groups is 1. The molecule has 7 nitrogen and oxygen atoms in total. The molecule has 0 radical (unpaired) electrons. The van der Waals surface area contributed by atoms with Crippen molar-refractivity contribution >= 4 is 35.8 Å². The molecule has 1 unspecified atom stereocenters. The van der Waals surface area contributed by atoms with Gasteiger partial charge < -0.3 is 19.9 Å². The maximum Gasteiger partial charge on any atom is 0.239 e. The molecule has 0 saturated carbocycles.